The Bertz CT molecular complexity index is 355. The van der Waals surface area contributed by atoms with Crippen LogP contribution in [-0.4, -0.2) is 31.3 Å². The van der Waals surface area contributed by atoms with Crippen LogP contribution in [0.1, 0.15) is 30.5 Å². The van der Waals surface area contributed by atoms with Gasteiger partial charge in [-0.1, -0.05) is 5.16 Å². The summed E-state index contributed by atoms with van der Waals surface area (Å²) in [5, 5.41) is 7.65. The summed E-state index contributed by atoms with van der Waals surface area (Å²) in [4.78, 5) is 2.38. The van der Waals surface area contributed by atoms with Crippen molar-refractivity contribution < 1.29 is 4.52 Å². The highest BCUT2D eigenvalue weighted by Crippen LogP contribution is 2.28. The van der Waals surface area contributed by atoms with E-state index in [2.05, 4.69) is 15.4 Å². The average molecular weight is 221 g/mol. The molecule has 88 valence electrons. The molecule has 0 aliphatic carbocycles. The monoisotopic (exact) mass is 221 g/mol. The summed E-state index contributed by atoms with van der Waals surface area (Å²) in [6.07, 6.45) is 5.99. The Balaban J connectivity index is 1.86. The lowest BCUT2D eigenvalue weighted by molar-refractivity contribution is 0.396. The van der Waals surface area contributed by atoms with Crippen molar-refractivity contribution >= 4 is 5.88 Å². The molecule has 0 radical (unpaired) electrons. The Morgan fingerprint density at radius 3 is 2.75 bits per heavy atom. The van der Waals surface area contributed by atoms with E-state index in [0.717, 1.165) is 44.9 Å². The molecule has 1 aromatic heterocycles. The van der Waals surface area contributed by atoms with Crippen molar-refractivity contribution in [1.82, 2.24) is 10.5 Å². The quantitative estimate of drug-likeness (QED) is 0.777. The highest BCUT2D eigenvalue weighted by atomic mass is 16.5. The van der Waals surface area contributed by atoms with Crippen LogP contribution in [0.2, 0.25) is 0 Å². The Hall–Kier alpha value is -1.03. The SMILES string of the molecule is C1CCN(c2onc3c2CCNCC3)CC1. The first kappa shape index (κ1) is 10.1. The highest BCUT2D eigenvalue weighted by Gasteiger charge is 2.23. The molecule has 0 amide bonds. The third-order valence-corrected chi connectivity index (χ3v) is 3.58. The largest absolute Gasteiger partial charge is 0.340 e. The molecule has 2 aliphatic rings. The predicted octanol–water partition coefficient (Wildman–Crippen LogP) is 1.35. The van der Waals surface area contributed by atoms with E-state index < -0.39 is 0 Å². The first-order chi connectivity index (χ1) is 7.95. The summed E-state index contributed by atoms with van der Waals surface area (Å²) < 4.78 is 5.56. The average Bonchev–Trinajstić information content (AvgIpc) is 2.60. The lowest BCUT2D eigenvalue weighted by Gasteiger charge is -2.26. The van der Waals surface area contributed by atoms with Crippen LogP contribution < -0.4 is 10.2 Å². The van der Waals surface area contributed by atoms with E-state index in [4.69, 9.17) is 4.52 Å². The van der Waals surface area contributed by atoms with Crippen LogP contribution >= 0.6 is 0 Å². The van der Waals surface area contributed by atoms with Gasteiger partial charge in [0.2, 0.25) is 5.88 Å². The third-order valence-electron chi connectivity index (χ3n) is 3.58. The third kappa shape index (κ3) is 1.82. The number of fused-ring (bicyclic) bond motifs is 1. The van der Waals surface area contributed by atoms with Crippen molar-refractivity contribution in [3.8, 4) is 0 Å². The molecule has 3 rings (SSSR count). The first-order valence-electron chi connectivity index (χ1n) is 6.38. The zero-order valence-electron chi connectivity index (χ0n) is 9.67. The van der Waals surface area contributed by atoms with E-state index >= 15 is 0 Å². The summed E-state index contributed by atoms with van der Waals surface area (Å²) >= 11 is 0. The minimum Gasteiger partial charge on any atom is -0.340 e. The van der Waals surface area contributed by atoms with Crippen molar-refractivity contribution in [3.05, 3.63) is 11.3 Å². The van der Waals surface area contributed by atoms with Crippen molar-refractivity contribution in [3.63, 3.8) is 0 Å². The Kier molecular flexibility index (Phi) is 2.82. The molecular weight excluding hydrogens is 202 g/mol. The van der Waals surface area contributed by atoms with Gasteiger partial charge in [-0.15, -0.1) is 0 Å². The number of rotatable bonds is 1. The number of anilines is 1. The van der Waals surface area contributed by atoms with Crippen molar-refractivity contribution in [2.24, 2.45) is 0 Å². The molecule has 3 heterocycles. The maximum Gasteiger partial charge on any atom is 0.230 e. The Labute approximate surface area is 96.0 Å². The van der Waals surface area contributed by atoms with Gasteiger partial charge in [0, 0.05) is 31.6 Å². The lowest BCUT2D eigenvalue weighted by atomic mass is 10.1. The first-order valence-corrected chi connectivity index (χ1v) is 6.38. The summed E-state index contributed by atoms with van der Waals surface area (Å²) in [6, 6.07) is 0. The molecule has 0 saturated carbocycles. The van der Waals surface area contributed by atoms with Gasteiger partial charge in [0.05, 0.1) is 5.69 Å². The minimum atomic E-state index is 1.01. The fraction of sp³-hybridized carbons (Fsp3) is 0.750. The van der Waals surface area contributed by atoms with Gasteiger partial charge in [0.15, 0.2) is 0 Å². The van der Waals surface area contributed by atoms with E-state index in [0.29, 0.717) is 0 Å². The number of piperidine rings is 1. The summed E-state index contributed by atoms with van der Waals surface area (Å²) in [5.74, 6) is 1.05. The van der Waals surface area contributed by atoms with E-state index in [1.165, 1.54) is 30.5 Å². The van der Waals surface area contributed by atoms with Gasteiger partial charge in [-0.3, -0.25) is 0 Å². The molecule has 0 unspecified atom stereocenters. The molecule has 16 heavy (non-hydrogen) atoms. The Morgan fingerprint density at radius 1 is 1.06 bits per heavy atom. The molecule has 4 heteroatoms. The van der Waals surface area contributed by atoms with Crippen LogP contribution in [0.4, 0.5) is 5.88 Å². The molecule has 4 nitrogen and oxygen atoms in total. The van der Waals surface area contributed by atoms with Crippen LogP contribution in [0.25, 0.3) is 0 Å². The second kappa shape index (κ2) is 4.45. The molecule has 1 N–H and O–H groups in total. The molecule has 1 aromatic rings. The molecule has 2 aliphatic heterocycles. The topological polar surface area (TPSA) is 41.3 Å². The second-order valence-electron chi connectivity index (χ2n) is 4.71. The van der Waals surface area contributed by atoms with Crippen molar-refractivity contribution in [2.45, 2.75) is 32.1 Å². The number of nitrogens with one attached hydrogen (secondary N) is 1. The number of hydrogen-bond donors (Lipinski definition) is 1. The zero-order valence-corrected chi connectivity index (χ0v) is 9.67. The molecule has 0 bridgehead atoms. The van der Waals surface area contributed by atoms with Gasteiger partial charge in [0.1, 0.15) is 0 Å². The van der Waals surface area contributed by atoms with Gasteiger partial charge in [-0.2, -0.15) is 0 Å². The van der Waals surface area contributed by atoms with Crippen molar-refractivity contribution in [2.75, 3.05) is 31.1 Å². The zero-order chi connectivity index (χ0) is 10.8. The minimum absolute atomic E-state index is 1.01. The van der Waals surface area contributed by atoms with Gasteiger partial charge >= 0.3 is 0 Å². The molecule has 0 spiro atoms. The van der Waals surface area contributed by atoms with Crippen LogP contribution in [0, 0.1) is 0 Å². The van der Waals surface area contributed by atoms with E-state index in [9.17, 15) is 0 Å². The van der Waals surface area contributed by atoms with Crippen molar-refractivity contribution in [1.29, 1.82) is 0 Å². The second-order valence-corrected chi connectivity index (χ2v) is 4.71. The fourth-order valence-electron chi connectivity index (χ4n) is 2.67. The highest BCUT2D eigenvalue weighted by molar-refractivity contribution is 5.47. The van der Waals surface area contributed by atoms with Gasteiger partial charge in [0.25, 0.3) is 0 Å². The number of nitrogens with zero attached hydrogens (tertiary/aromatic N) is 2. The smallest absolute Gasteiger partial charge is 0.230 e. The molecule has 0 aromatic carbocycles. The van der Waals surface area contributed by atoms with Crippen LogP contribution in [0.5, 0.6) is 0 Å². The predicted molar refractivity (Wildman–Crippen MR) is 62.8 cm³/mol. The van der Waals surface area contributed by atoms with Gasteiger partial charge in [-0.05, 0) is 32.2 Å². The van der Waals surface area contributed by atoms with Gasteiger partial charge < -0.3 is 14.7 Å². The fourth-order valence-corrected chi connectivity index (χ4v) is 2.67. The molecular formula is C12H19N3O. The van der Waals surface area contributed by atoms with E-state index in [1.807, 2.05) is 0 Å². The van der Waals surface area contributed by atoms with Crippen LogP contribution in [0.15, 0.2) is 4.52 Å². The summed E-state index contributed by atoms with van der Waals surface area (Å²) in [5.41, 5.74) is 2.53. The summed E-state index contributed by atoms with van der Waals surface area (Å²) in [6.45, 7) is 4.35. The molecule has 1 fully saturated rings. The maximum atomic E-state index is 5.56. The van der Waals surface area contributed by atoms with E-state index in [1.54, 1.807) is 0 Å². The number of aromatic nitrogens is 1. The Morgan fingerprint density at radius 2 is 1.88 bits per heavy atom. The van der Waals surface area contributed by atoms with Gasteiger partial charge in [-0.25, -0.2) is 0 Å². The normalized spacial score (nSPS) is 21.6. The molecule has 1 saturated heterocycles. The van der Waals surface area contributed by atoms with E-state index in [-0.39, 0.29) is 0 Å². The maximum absolute atomic E-state index is 5.56. The number of hydrogen-bond acceptors (Lipinski definition) is 4. The summed E-state index contributed by atoms with van der Waals surface area (Å²) in [7, 11) is 0. The van der Waals surface area contributed by atoms with Crippen LogP contribution in [0.3, 0.4) is 0 Å². The lowest BCUT2D eigenvalue weighted by Crippen LogP contribution is -2.30. The molecule has 0 atom stereocenters. The standard InChI is InChI=1S/C12H19N3O/c1-2-8-15(9-3-1)12-10-4-6-13-7-5-11(10)14-16-12/h13H,1-9H2. The van der Waals surface area contributed by atoms with Crippen LogP contribution in [-0.2, 0) is 12.8 Å².